The maximum atomic E-state index is 11.8. The monoisotopic (exact) mass is 330 g/mol. The minimum atomic E-state index is -0.197. The number of nitrogens with zero attached hydrogens (tertiary/aromatic N) is 3. The fourth-order valence-corrected chi connectivity index (χ4v) is 2.73. The van der Waals surface area contributed by atoms with Crippen LogP contribution in [0.15, 0.2) is 29.8 Å². The van der Waals surface area contributed by atoms with E-state index < -0.39 is 0 Å². The summed E-state index contributed by atoms with van der Waals surface area (Å²) < 4.78 is 1.96. The van der Waals surface area contributed by atoms with Crippen molar-refractivity contribution in [2.45, 2.75) is 18.6 Å². The summed E-state index contributed by atoms with van der Waals surface area (Å²) in [5, 5.41) is 4.18. The second kappa shape index (κ2) is 6.97. The number of anilines is 1. The molecule has 2 aromatic heterocycles. The SMILES string of the molecule is CCn1ccnc1SCC(=O)Nc1ncc(Cl)cc1Cl. The smallest absolute Gasteiger partial charge is 0.236 e. The number of thioether (sulfide) groups is 1. The van der Waals surface area contributed by atoms with Crippen molar-refractivity contribution in [2.24, 2.45) is 0 Å². The van der Waals surface area contributed by atoms with Crippen LogP contribution < -0.4 is 5.32 Å². The molecule has 0 radical (unpaired) electrons. The number of amides is 1. The largest absolute Gasteiger partial charge is 0.326 e. The lowest BCUT2D eigenvalue weighted by molar-refractivity contribution is -0.113. The highest BCUT2D eigenvalue weighted by atomic mass is 35.5. The van der Waals surface area contributed by atoms with Gasteiger partial charge in [-0.15, -0.1) is 0 Å². The average Bonchev–Trinajstić information content (AvgIpc) is 2.87. The molecule has 0 spiro atoms. The third-order valence-electron chi connectivity index (χ3n) is 2.42. The Morgan fingerprint density at radius 2 is 2.25 bits per heavy atom. The van der Waals surface area contributed by atoms with Gasteiger partial charge in [-0.1, -0.05) is 35.0 Å². The number of halogens is 2. The van der Waals surface area contributed by atoms with Crippen molar-refractivity contribution < 1.29 is 4.79 Å². The summed E-state index contributed by atoms with van der Waals surface area (Å²) in [4.78, 5) is 20.0. The highest BCUT2D eigenvalue weighted by Gasteiger charge is 2.10. The molecule has 1 amide bonds. The lowest BCUT2D eigenvalue weighted by atomic mass is 10.4. The quantitative estimate of drug-likeness (QED) is 0.854. The van der Waals surface area contributed by atoms with Crippen LogP contribution in [-0.2, 0) is 11.3 Å². The van der Waals surface area contributed by atoms with Gasteiger partial charge in [0.05, 0.1) is 15.8 Å². The van der Waals surface area contributed by atoms with Crippen molar-refractivity contribution in [3.05, 3.63) is 34.7 Å². The van der Waals surface area contributed by atoms with E-state index in [0.717, 1.165) is 11.7 Å². The topological polar surface area (TPSA) is 59.8 Å². The Labute approximate surface area is 130 Å². The van der Waals surface area contributed by atoms with Gasteiger partial charge >= 0.3 is 0 Å². The lowest BCUT2D eigenvalue weighted by Gasteiger charge is -2.07. The fraction of sp³-hybridized carbons (Fsp3) is 0.250. The molecule has 0 aliphatic rings. The maximum absolute atomic E-state index is 11.8. The average molecular weight is 331 g/mol. The van der Waals surface area contributed by atoms with Crippen LogP contribution in [0, 0.1) is 0 Å². The second-order valence-electron chi connectivity index (χ2n) is 3.82. The number of aryl methyl sites for hydroxylation is 1. The Balaban J connectivity index is 1.93. The normalized spacial score (nSPS) is 10.6. The Bertz CT molecular complexity index is 617. The summed E-state index contributed by atoms with van der Waals surface area (Å²) >= 11 is 13.0. The Morgan fingerprint density at radius 1 is 1.45 bits per heavy atom. The minimum Gasteiger partial charge on any atom is -0.326 e. The van der Waals surface area contributed by atoms with Gasteiger partial charge in [-0.2, -0.15) is 0 Å². The van der Waals surface area contributed by atoms with Gasteiger partial charge < -0.3 is 9.88 Å². The zero-order chi connectivity index (χ0) is 14.5. The molecule has 2 aromatic rings. The molecule has 0 atom stereocenters. The third-order valence-corrected chi connectivity index (χ3v) is 3.92. The van der Waals surface area contributed by atoms with Gasteiger partial charge in [-0.25, -0.2) is 9.97 Å². The van der Waals surface area contributed by atoms with Crippen LogP contribution in [0.1, 0.15) is 6.92 Å². The number of hydrogen-bond donors (Lipinski definition) is 1. The van der Waals surface area contributed by atoms with E-state index in [4.69, 9.17) is 23.2 Å². The van der Waals surface area contributed by atoms with Crippen molar-refractivity contribution in [2.75, 3.05) is 11.1 Å². The van der Waals surface area contributed by atoms with Crippen LogP contribution in [0.2, 0.25) is 10.0 Å². The van der Waals surface area contributed by atoms with Crippen LogP contribution in [0.3, 0.4) is 0 Å². The van der Waals surface area contributed by atoms with Gasteiger partial charge in [0.25, 0.3) is 0 Å². The number of carbonyl (C=O) groups is 1. The van der Waals surface area contributed by atoms with Gasteiger partial charge in [-0.05, 0) is 13.0 Å². The molecule has 0 aromatic carbocycles. The molecule has 0 bridgehead atoms. The number of imidazole rings is 1. The molecule has 0 fully saturated rings. The van der Waals surface area contributed by atoms with Gasteiger partial charge in [0.1, 0.15) is 0 Å². The van der Waals surface area contributed by atoms with Crippen molar-refractivity contribution in [1.82, 2.24) is 14.5 Å². The van der Waals surface area contributed by atoms with E-state index in [1.807, 2.05) is 17.7 Å². The number of pyridine rings is 1. The number of rotatable bonds is 5. The number of aromatic nitrogens is 3. The number of carbonyl (C=O) groups excluding carboxylic acids is 1. The van der Waals surface area contributed by atoms with E-state index in [9.17, 15) is 4.79 Å². The first-order valence-corrected chi connectivity index (χ1v) is 7.59. The second-order valence-corrected chi connectivity index (χ2v) is 5.60. The summed E-state index contributed by atoms with van der Waals surface area (Å²) in [6.07, 6.45) is 5.01. The molecule has 1 N–H and O–H groups in total. The van der Waals surface area contributed by atoms with Gasteiger partial charge in [0.2, 0.25) is 5.91 Å². The van der Waals surface area contributed by atoms with Crippen LogP contribution in [-0.4, -0.2) is 26.2 Å². The highest BCUT2D eigenvalue weighted by molar-refractivity contribution is 7.99. The van der Waals surface area contributed by atoms with Crippen molar-refractivity contribution in [3.8, 4) is 0 Å². The molecule has 0 aliphatic heterocycles. The first-order valence-electron chi connectivity index (χ1n) is 5.85. The van der Waals surface area contributed by atoms with E-state index in [2.05, 4.69) is 15.3 Å². The molecular weight excluding hydrogens is 319 g/mol. The van der Waals surface area contributed by atoms with Gasteiger partial charge in [0, 0.05) is 25.1 Å². The first kappa shape index (κ1) is 15.2. The Kier molecular flexibility index (Phi) is 5.28. The van der Waals surface area contributed by atoms with E-state index in [1.165, 1.54) is 24.0 Å². The molecule has 0 saturated carbocycles. The maximum Gasteiger partial charge on any atom is 0.236 e. The van der Waals surface area contributed by atoms with Crippen LogP contribution >= 0.6 is 35.0 Å². The molecular formula is C12H12Cl2N4OS. The van der Waals surface area contributed by atoms with Crippen LogP contribution in [0.4, 0.5) is 5.82 Å². The van der Waals surface area contributed by atoms with Gasteiger partial charge in [0.15, 0.2) is 11.0 Å². The molecule has 0 unspecified atom stereocenters. The summed E-state index contributed by atoms with van der Waals surface area (Å²) in [5.41, 5.74) is 0. The molecule has 0 saturated heterocycles. The molecule has 106 valence electrons. The fourth-order valence-electron chi connectivity index (χ4n) is 1.48. The summed E-state index contributed by atoms with van der Waals surface area (Å²) in [6.45, 7) is 2.83. The molecule has 2 rings (SSSR count). The molecule has 0 aliphatic carbocycles. The first-order chi connectivity index (χ1) is 9.60. The van der Waals surface area contributed by atoms with Crippen molar-refractivity contribution >= 4 is 46.7 Å². The number of hydrogen-bond acceptors (Lipinski definition) is 4. The Morgan fingerprint density at radius 3 is 2.95 bits per heavy atom. The van der Waals surface area contributed by atoms with E-state index >= 15 is 0 Å². The van der Waals surface area contributed by atoms with Crippen molar-refractivity contribution in [3.63, 3.8) is 0 Å². The van der Waals surface area contributed by atoms with E-state index in [1.54, 1.807) is 6.20 Å². The zero-order valence-electron chi connectivity index (χ0n) is 10.6. The predicted octanol–water partition coefficient (Wildman–Crippen LogP) is 3.34. The molecule has 20 heavy (non-hydrogen) atoms. The highest BCUT2D eigenvalue weighted by Crippen LogP contribution is 2.23. The standard InChI is InChI=1S/C12H12Cl2N4OS/c1-2-18-4-3-15-12(18)20-7-10(19)17-11-9(14)5-8(13)6-16-11/h3-6H,2,7H2,1H3,(H,16,17,19). The van der Waals surface area contributed by atoms with Gasteiger partial charge in [-0.3, -0.25) is 4.79 Å². The molecule has 2 heterocycles. The molecule has 5 nitrogen and oxygen atoms in total. The Hall–Kier alpha value is -1.24. The minimum absolute atomic E-state index is 0.197. The zero-order valence-corrected chi connectivity index (χ0v) is 13.0. The number of nitrogens with one attached hydrogen (secondary N) is 1. The van der Waals surface area contributed by atoms with E-state index in [0.29, 0.717) is 15.9 Å². The predicted molar refractivity (Wildman–Crippen MR) is 81.5 cm³/mol. The lowest BCUT2D eigenvalue weighted by Crippen LogP contribution is -2.15. The van der Waals surface area contributed by atoms with E-state index in [-0.39, 0.29) is 11.7 Å². The summed E-state index contributed by atoms with van der Waals surface area (Å²) in [6, 6.07) is 1.53. The van der Waals surface area contributed by atoms with Crippen LogP contribution in [0.25, 0.3) is 0 Å². The van der Waals surface area contributed by atoms with Crippen molar-refractivity contribution in [1.29, 1.82) is 0 Å². The summed E-state index contributed by atoms with van der Waals surface area (Å²) in [7, 11) is 0. The molecule has 8 heteroatoms. The van der Waals surface area contributed by atoms with Crippen LogP contribution in [0.5, 0.6) is 0 Å². The third kappa shape index (κ3) is 3.88. The summed E-state index contributed by atoms with van der Waals surface area (Å²) in [5.74, 6) is 0.343.